The number of tetrazole rings is 1. The predicted octanol–water partition coefficient (Wildman–Crippen LogP) is 2.78. The summed E-state index contributed by atoms with van der Waals surface area (Å²) in [7, 11) is 0. The lowest BCUT2D eigenvalue weighted by molar-refractivity contribution is -0.384. The summed E-state index contributed by atoms with van der Waals surface area (Å²) in [4.78, 5) is 10.4. The van der Waals surface area contributed by atoms with E-state index in [0.717, 1.165) is 16.8 Å². The maximum atomic E-state index is 13.2. The van der Waals surface area contributed by atoms with Crippen LogP contribution < -0.4 is 5.32 Å². The maximum absolute atomic E-state index is 13.2. The second kappa shape index (κ2) is 5.78. The Morgan fingerprint density at radius 1 is 1.12 bits per heavy atom. The van der Waals surface area contributed by atoms with Gasteiger partial charge in [0, 0.05) is 17.8 Å². The van der Waals surface area contributed by atoms with Gasteiger partial charge < -0.3 is 5.32 Å². The van der Waals surface area contributed by atoms with Crippen LogP contribution in [-0.4, -0.2) is 25.1 Å². The van der Waals surface area contributed by atoms with Crippen molar-refractivity contribution in [2.45, 2.75) is 6.04 Å². The molecular formula is C16H11FN6O2. The van der Waals surface area contributed by atoms with Crippen molar-refractivity contribution in [2.24, 2.45) is 0 Å². The molecule has 0 bridgehead atoms. The zero-order chi connectivity index (χ0) is 17.4. The van der Waals surface area contributed by atoms with Crippen molar-refractivity contribution in [3.8, 4) is 0 Å². The molecule has 4 rings (SSSR count). The van der Waals surface area contributed by atoms with Crippen molar-refractivity contribution in [1.82, 2.24) is 20.2 Å². The van der Waals surface area contributed by atoms with Crippen molar-refractivity contribution >= 4 is 17.3 Å². The van der Waals surface area contributed by atoms with E-state index in [4.69, 9.17) is 0 Å². The van der Waals surface area contributed by atoms with E-state index in [0.29, 0.717) is 5.95 Å². The van der Waals surface area contributed by atoms with E-state index >= 15 is 0 Å². The average Bonchev–Trinajstić information content (AvgIpc) is 3.10. The summed E-state index contributed by atoms with van der Waals surface area (Å²) in [6.45, 7) is 0. The van der Waals surface area contributed by atoms with Crippen molar-refractivity contribution in [3.63, 3.8) is 0 Å². The first-order chi connectivity index (χ1) is 12.1. The fourth-order valence-corrected chi connectivity index (χ4v) is 2.68. The third kappa shape index (κ3) is 2.71. The number of aromatic nitrogens is 4. The van der Waals surface area contributed by atoms with Crippen LogP contribution >= 0.6 is 0 Å². The van der Waals surface area contributed by atoms with Crippen LogP contribution in [0.3, 0.4) is 0 Å². The molecule has 1 aliphatic heterocycles. The van der Waals surface area contributed by atoms with Gasteiger partial charge in [0.1, 0.15) is 11.9 Å². The molecule has 2 aromatic carbocycles. The molecule has 1 N–H and O–H groups in total. The lowest BCUT2D eigenvalue weighted by atomic mass is 10.0. The van der Waals surface area contributed by atoms with Gasteiger partial charge in [-0.2, -0.15) is 4.68 Å². The molecule has 124 valence electrons. The molecule has 1 atom stereocenters. The van der Waals surface area contributed by atoms with Gasteiger partial charge in [0.05, 0.1) is 4.92 Å². The van der Waals surface area contributed by atoms with Crippen molar-refractivity contribution < 1.29 is 9.31 Å². The molecule has 9 heteroatoms. The standard InChI is InChI=1S/C16H11FN6O2/c17-12-5-1-10(2-6-12)14-9-15(22-16(18-14)19-20-21-22)11-3-7-13(8-4-11)23(24)25/h1-9,15H,(H,18,19,21)/t15-/m0/s1. The Kier molecular flexibility index (Phi) is 3.46. The molecule has 0 spiro atoms. The van der Waals surface area contributed by atoms with Crippen LogP contribution in [0.2, 0.25) is 0 Å². The highest BCUT2D eigenvalue weighted by Gasteiger charge is 2.24. The van der Waals surface area contributed by atoms with E-state index in [2.05, 4.69) is 20.8 Å². The molecule has 0 amide bonds. The average molecular weight is 338 g/mol. The number of halogens is 1. The van der Waals surface area contributed by atoms with Crippen molar-refractivity contribution in [1.29, 1.82) is 0 Å². The molecule has 0 unspecified atom stereocenters. The molecule has 0 saturated heterocycles. The Bertz CT molecular complexity index is 965. The Hall–Kier alpha value is -3.62. The van der Waals surface area contributed by atoms with Crippen LogP contribution in [0.5, 0.6) is 0 Å². The number of rotatable bonds is 3. The van der Waals surface area contributed by atoms with Crippen LogP contribution in [0.25, 0.3) is 5.70 Å². The van der Waals surface area contributed by atoms with E-state index in [-0.39, 0.29) is 17.5 Å². The van der Waals surface area contributed by atoms with E-state index in [1.165, 1.54) is 24.3 Å². The highest BCUT2D eigenvalue weighted by atomic mass is 19.1. The molecule has 8 nitrogen and oxygen atoms in total. The second-order valence-corrected chi connectivity index (χ2v) is 5.45. The van der Waals surface area contributed by atoms with Crippen LogP contribution in [0, 0.1) is 15.9 Å². The fourth-order valence-electron chi connectivity index (χ4n) is 2.68. The molecule has 2 heterocycles. The summed E-state index contributed by atoms with van der Waals surface area (Å²) >= 11 is 0. The van der Waals surface area contributed by atoms with Crippen LogP contribution in [-0.2, 0) is 0 Å². The maximum Gasteiger partial charge on any atom is 0.269 e. The minimum Gasteiger partial charge on any atom is -0.323 e. The number of allylic oxidation sites excluding steroid dienone is 1. The van der Waals surface area contributed by atoms with E-state index in [1.54, 1.807) is 28.9 Å². The zero-order valence-corrected chi connectivity index (χ0v) is 12.7. The topological polar surface area (TPSA) is 98.8 Å². The van der Waals surface area contributed by atoms with Gasteiger partial charge >= 0.3 is 0 Å². The van der Waals surface area contributed by atoms with Gasteiger partial charge in [-0.3, -0.25) is 10.1 Å². The number of nitro benzene ring substituents is 1. The number of nitrogens with one attached hydrogen (secondary N) is 1. The number of benzene rings is 2. The number of nitro groups is 1. The molecule has 3 aromatic rings. The third-order valence-corrected chi connectivity index (χ3v) is 3.93. The smallest absolute Gasteiger partial charge is 0.269 e. The van der Waals surface area contributed by atoms with Gasteiger partial charge in [-0.15, -0.1) is 0 Å². The lowest BCUT2D eigenvalue weighted by Gasteiger charge is -2.23. The lowest BCUT2D eigenvalue weighted by Crippen LogP contribution is -2.20. The zero-order valence-electron chi connectivity index (χ0n) is 12.7. The van der Waals surface area contributed by atoms with E-state index < -0.39 is 4.92 Å². The second-order valence-electron chi connectivity index (χ2n) is 5.45. The Balaban J connectivity index is 1.76. The van der Waals surface area contributed by atoms with Crippen LogP contribution in [0.15, 0.2) is 54.6 Å². The SMILES string of the molecule is O=[N+]([O-])c1ccc([C@@H]2C=C(c3ccc(F)cc3)Nc3nnnn32)cc1. The molecule has 25 heavy (non-hydrogen) atoms. The number of fused-ring (bicyclic) bond motifs is 1. The van der Waals surface area contributed by atoms with Crippen molar-refractivity contribution in [2.75, 3.05) is 5.32 Å². The summed E-state index contributed by atoms with van der Waals surface area (Å²) in [6, 6.07) is 11.9. The van der Waals surface area contributed by atoms with Gasteiger partial charge in [0.15, 0.2) is 0 Å². The first-order valence-electron chi connectivity index (χ1n) is 7.39. The fraction of sp³-hybridized carbons (Fsp3) is 0.0625. The van der Waals surface area contributed by atoms with Crippen LogP contribution in [0.1, 0.15) is 17.2 Å². The van der Waals surface area contributed by atoms with E-state index in [9.17, 15) is 14.5 Å². The van der Waals surface area contributed by atoms with Gasteiger partial charge in [-0.25, -0.2) is 4.39 Å². The Morgan fingerprint density at radius 3 is 2.52 bits per heavy atom. The normalized spacial score (nSPS) is 15.9. The predicted molar refractivity (Wildman–Crippen MR) is 87.1 cm³/mol. The van der Waals surface area contributed by atoms with Gasteiger partial charge in [-0.05, 0) is 64.0 Å². The van der Waals surface area contributed by atoms with Gasteiger partial charge in [0.2, 0.25) is 5.95 Å². The van der Waals surface area contributed by atoms with Gasteiger partial charge in [-0.1, -0.05) is 5.10 Å². The molecule has 0 fully saturated rings. The quantitative estimate of drug-likeness (QED) is 0.582. The van der Waals surface area contributed by atoms with Crippen molar-refractivity contribution in [3.05, 3.63) is 81.7 Å². The molecule has 0 aliphatic carbocycles. The first kappa shape index (κ1) is 14.9. The number of hydrogen-bond donors (Lipinski definition) is 1. The number of non-ortho nitro benzene ring substituents is 1. The molecule has 1 aliphatic rings. The monoisotopic (exact) mass is 338 g/mol. The highest BCUT2D eigenvalue weighted by Crippen LogP contribution is 2.32. The highest BCUT2D eigenvalue weighted by molar-refractivity contribution is 5.76. The summed E-state index contributed by atoms with van der Waals surface area (Å²) in [5, 5.41) is 25.5. The number of hydrogen-bond acceptors (Lipinski definition) is 6. The molecule has 1 aromatic heterocycles. The van der Waals surface area contributed by atoms with Crippen LogP contribution in [0.4, 0.5) is 16.0 Å². The summed E-state index contributed by atoms with van der Waals surface area (Å²) in [5.74, 6) is 0.113. The summed E-state index contributed by atoms with van der Waals surface area (Å²) < 4.78 is 14.7. The first-order valence-corrected chi connectivity index (χ1v) is 7.39. The van der Waals surface area contributed by atoms with E-state index in [1.807, 2.05) is 6.08 Å². The largest absolute Gasteiger partial charge is 0.323 e. The Labute approximate surface area is 140 Å². The molecule has 0 saturated carbocycles. The number of nitrogens with zero attached hydrogens (tertiary/aromatic N) is 5. The molecular weight excluding hydrogens is 327 g/mol. The minimum absolute atomic E-state index is 0.0114. The molecule has 0 radical (unpaired) electrons. The van der Waals surface area contributed by atoms with Gasteiger partial charge in [0.25, 0.3) is 5.69 Å². The Morgan fingerprint density at radius 2 is 1.84 bits per heavy atom. The third-order valence-electron chi connectivity index (χ3n) is 3.93. The number of anilines is 1. The summed E-state index contributed by atoms with van der Waals surface area (Å²) in [5.41, 5.74) is 2.31. The minimum atomic E-state index is -0.450. The summed E-state index contributed by atoms with van der Waals surface area (Å²) in [6.07, 6.45) is 1.89.